The lowest BCUT2D eigenvalue weighted by Crippen LogP contribution is -2.40. The fraction of sp³-hybridized carbons (Fsp3) is 0.500. The van der Waals surface area contributed by atoms with Crippen molar-refractivity contribution >= 4 is 11.7 Å². The van der Waals surface area contributed by atoms with Crippen LogP contribution in [0.5, 0.6) is 0 Å². The summed E-state index contributed by atoms with van der Waals surface area (Å²) in [7, 11) is 0. The maximum Gasteiger partial charge on any atom is 0.253 e. The lowest BCUT2D eigenvalue weighted by atomic mass is 9.84. The van der Waals surface area contributed by atoms with Crippen molar-refractivity contribution < 1.29 is 4.79 Å². The number of terminal acetylenes is 1. The minimum absolute atomic E-state index is 0.180. The van der Waals surface area contributed by atoms with Crippen LogP contribution in [0.2, 0.25) is 0 Å². The first-order valence-electron chi connectivity index (χ1n) is 6.94. The van der Waals surface area contributed by atoms with E-state index in [9.17, 15) is 4.79 Å². The van der Waals surface area contributed by atoms with Crippen LogP contribution in [-0.4, -0.2) is 30.5 Å². The van der Waals surface area contributed by atoms with Crippen molar-refractivity contribution in [2.45, 2.75) is 26.7 Å². The molecule has 0 bridgehead atoms. The molecule has 1 aliphatic heterocycles. The molecule has 0 radical (unpaired) electrons. The fourth-order valence-electron chi connectivity index (χ4n) is 2.56. The maximum atomic E-state index is 11.7. The minimum Gasteiger partial charge on any atom is -0.356 e. The molecule has 1 amide bonds. The molecular formula is C16H21N3O. The van der Waals surface area contributed by atoms with Gasteiger partial charge in [-0.25, -0.2) is 4.98 Å². The lowest BCUT2D eigenvalue weighted by Gasteiger charge is -2.38. The Hall–Kier alpha value is -2.02. The number of amides is 1. The van der Waals surface area contributed by atoms with E-state index in [0.717, 1.165) is 18.9 Å². The molecule has 1 saturated heterocycles. The highest BCUT2D eigenvalue weighted by atomic mass is 16.1. The van der Waals surface area contributed by atoms with Crippen molar-refractivity contribution in [3.05, 3.63) is 23.9 Å². The highest BCUT2D eigenvalue weighted by molar-refractivity contribution is 5.94. The molecule has 0 aromatic carbocycles. The summed E-state index contributed by atoms with van der Waals surface area (Å²) >= 11 is 0. The van der Waals surface area contributed by atoms with Gasteiger partial charge in [0.15, 0.2) is 0 Å². The monoisotopic (exact) mass is 271 g/mol. The lowest BCUT2D eigenvalue weighted by molar-refractivity contribution is 0.0958. The SMILES string of the molecule is C#CCNC(=O)c1ccc(N2CCCC(C)(C)C2)nc1. The summed E-state index contributed by atoms with van der Waals surface area (Å²) in [4.78, 5) is 18.4. The van der Waals surface area contributed by atoms with Gasteiger partial charge < -0.3 is 10.2 Å². The number of anilines is 1. The number of piperidine rings is 1. The Kier molecular flexibility index (Phi) is 4.29. The standard InChI is InChI=1S/C16H21N3O/c1-4-9-17-15(20)13-6-7-14(18-11-13)19-10-5-8-16(2,3)12-19/h1,6-7,11H,5,8-10,12H2,2-3H3,(H,17,20). The molecule has 0 aliphatic carbocycles. The van der Waals surface area contributed by atoms with Gasteiger partial charge in [-0.1, -0.05) is 19.8 Å². The van der Waals surface area contributed by atoms with Crippen molar-refractivity contribution in [3.63, 3.8) is 0 Å². The van der Waals surface area contributed by atoms with Crippen LogP contribution < -0.4 is 10.2 Å². The van der Waals surface area contributed by atoms with Crippen LogP contribution in [-0.2, 0) is 0 Å². The van der Waals surface area contributed by atoms with Gasteiger partial charge in [0.2, 0.25) is 0 Å². The van der Waals surface area contributed by atoms with Crippen molar-refractivity contribution in [1.82, 2.24) is 10.3 Å². The number of carbonyl (C=O) groups excluding carboxylic acids is 1. The summed E-state index contributed by atoms with van der Waals surface area (Å²) in [5.41, 5.74) is 0.864. The van der Waals surface area contributed by atoms with Crippen LogP contribution in [0.25, 0.3) is 0 Å². The Bertz CT molecular complexity index is 514. The molecule has 106 valence electrons. The molecule has 1 fully saturated rings. The van der Waals surface area contributed by atoms with E-state index >= 15 is 0 Å². The first-order chi connectivity index (χ1) is 9.52. The van der Waals surface area contributed by atoms with Crippen molar-refractivity contribution in [1.29, 1.82) is 0 Å². The molecule has 0 atom stereocenters. The molecule has 4 nitrogen and oxygen atoms in total. The Labute approximate surface area is 120 Å². The van der Waals surface area contributed by atoms with Crippen molar-refractivity contribution in [2.75, 3.05) is 24.5 Å². The molecule has 0 saturated carbocycles. The summed E-state index contributed by atoms with van der Waals surface area (Å²) in [5, 5.41) is 2.63. The van der Waals surface area contributed by atoms with Gasteiger partial charge >= 0.3 is 0 Å². The smallest absolute Gasteiger partial charge is 0.253 e. The third-order valence-corrected chi connectivity index (χ3v) is 3.59. The second kappa shape index (κ2) is 5.96. The molecule has 1 aliphatic rings. The second-order valence-electron chi connectivity index (χ2n) is 5.98. The van der Waals surface area contributed by atoms with Gasteiger partial charge in [-0.05, 0) is 30.4 Å². The third-order valence-electron chi connectivity index (χ3n) is 3.59. The molecule has 4 heteroatoms. The van der Waals surface area contributed by atoms with Gasteiger partial charge in [-0.2, -0.15) is 0 Å². The first-order valence-corrected chi connectivity index (χ1v) is 6.94. The molecule has 20 heavy (non-hydrogen) atoms. The number of nitrogens with one attached hydrogen (secondary N) is 1. The molecular weight excluding hydrogens is 250 g/mol. The summed E-state index contributed by atoms with van der Waals surface area (Å²) in [5.74, 6) is 3.14. The van der Waals surface area contributed by atoms with E-state index in [2.05, 4.69) is 35.0 Å². The highest BCUT2D eigenvalue weighted by Gasteiger charge is 2.26. The van der Waals surface area contributed by atoms with Gasteiger partial charge in [0.25, 0.3) is 5.91 Å². The molecule has 1 N–H and O–H groups in total. The zero-order valence-electron chi connectivity index (χ0n) is 12.1. The minimum atomic E-state index is -0.180. The number of rotatable bonds is 3. The van der Waals surface area contributed by atoms with Crippen molar-refractivity contribution in [3.8, 4) is 12.3 Å². The summed E-state index contributed by atoms with van der Waals surface area (Å²) in [6.07, 6.45) is 9.15. The number of hydrogen-bond donors (Lipinski definition) is 1. The Morgan fingerprint density at radius 1 is 1.55 bits per heavy atom. The predicted molar refractivity (Wildman–Crippen MR) is 80.6 cm³/mol. The van der Waals surface area contributed by atoms with Crippen LogP contribution in [0.15, 0.2) is 18.3 Å². The van der Waals surface area contributed by atoms with E-state index in [1.165, 1.54) is 12.8 Å². The van der Waals surface area contributed by atoms with Crippen LogP contribution in [0.4, 0.5) is 5.82 Å². The largest absolute Gasteiger partial charge is 0.356 e. The predicted octanol–water partition coefficient (Wildman–Crippen LogP) is 2.07. The van der Waals surface area contributed by atoms with Crippen LogP contribution in [0.3, 0.4) is 0 Å². The van der Waals surface area contributed by atoms with E-state index in [1.807, 2.05) is 6.07 Å². The van der Waals surface area contributed by atoms with E-state index in [1.54, 1.807) is 12.3 Å². The van der Waals surface area contributed by atoms with Gasteiger partial charge in [-0.15, -0.1) is 6.42 Å². The second-order valence-corrected chi connectivity index (χ2v) is 5.98. The zero-order valence-corrected chi connectivity index (χ0v) is 12.1. The van der Waals surface area contributed by atoms with E-state index in [4.69, 9.17) is 6.42 Å². The maximum absolute atomic E-state index is 11.7. The summed E-state index contributed by atoms with van der Waals surface area (Å²) in [6, 6.07) is 3.71. The number of nitrogens with zero attached hydrogens (tertiary/aromatic N) is 2. The van der Waals surface area contributed by atoms with Gasteiger partial charge in [-0.3, -0.25) is 4.79 Å². The van der Waals surface area contributed by atoms with Crippen molar-refractivity contribution in [2.24, 2.45) is 5.41 Å². The first kappa shape index (κ1) is 14.4. The average molecular weight is 271 g/mol. The zero-order chi connectivity index (χ0) is 14.6. The number of carbonyl (C=O) groups is 1. The van der Waals surface area contributed by atoms with Crippen LogP contribution >= 0.6 is 0 Å². The van der Waals surface area contributed by atoms with E-state index in [-0.39, 0.29) is 12.5 Å². The van der Waals surface area contributed by atoms with E-state index < -0.39 is 0 Å². The summed E-state index contributed by atoms with van der Waals surface area (Å²) < 4.78 is 0. The number of aromatic nitrogens is 1. The van der Waals surface area contributed by atoms with Gasteiger partial charge in [0, 0.05) is 19.3 Å². The Balaban J connectivity index is 2.05. The molecule has 2 rings (SSSR count). The van der Waals surface area contributed by atoms with Crippen LogP contribution in [0.1, 0.15) is 37.0 Å². The quantitative estimate of drug-likeness (QED) is 0.856. The van der Waals surface area contributed by atoms with Gasteiger partial charge in [0.05, 0.1) is 12.1 Å². The van der Waals surface area contributed by atoms with E-state index in [0.29, 0.717) is 11.0 Å². The molecule has 1 aromatic heterocycles. The Morgan fingerprint density at radius 3 is 2.95 bits per heavy atom. The molecule has 2 heterocycles. The Morgan fingerprint density at radius 2 is 2.35 bits per heavy atom. The number of hydrogen-bond acceptors (Lipinski definition) is 3. The average Bonchev–Trinajstić information content (AvgIpc) is 2.44. The van der Waals surface area contributed by atoms with Crippen LogP contribution in [0, 0.1) is 17.8 Å². The number of pyridine rings is 1. The third kappa shape index (κ3) is 3.51. The molecule has 0 spiro atoms. The fourth-order valence-corrected chi connectivity index (χ4v) is 2.56. The molecule has 0 unspecified atom stereocenters. The molecule has 1 aromatic rings. The topological polar surface area (TPSA) is 45.2 Å². The highest BCUT2D eigenvalue weighted by Crippen LogP contribution is 2.30. The summed E-state index contributed by atoms with van der Waals surface area (Å²) in [6.45, 7) is 6.82. The van der Waals surface area contributed by atoms with Gasteiger partial charge in [0.1, 0.15) is 5.82 Å². The normalized spacial score (nSPS) is 17.4.